The van der Waals surface area contributed by atoms with Gasteiger partial charge in [-0.3, -0.25) is 4.79 Å². The van der Waals surface area contributed by atoms with Crippen LogP contribution in [0.2, 0.25) is 5.02 Å². The second kappa shape index (κ2) is 5.11. The summed E-state index contributed by atoms with van der Waals surface area (Å²) in [6.07, 6.45) is 1.93. The van der Waals surface area contributed by atoms with E-state index in [0.29, 0.717) is 24.2 Å². The van der Waals surface area contributed by atoms with Crippen LogP contribution in [0, 0.1) is 6.92 Å². The lowest BCUT2D eigenvalue weighted by molar-refractivity contribution is 0.0792. The summed E-state index contributed by atoms with van der Waals surface area (Å²) in [5, 5.41) is 5.33. The number of hydrogen-bond donors (Lipinski definition) is 1. The van der Waals surface area contributed by atoms with Gasteiger partial charge in [-0.15, -0.1) is 0 Å². The van der Waals surface area contributed by atoms with Gasteiger partial charge in [-0.05, 0) is 37.5 Å². The molecule has 1 aliphatic rings. The van der Waals surface area contributed by atoms with E-state index in [2.05, 4.69) is 0 Å². The Morgan fingerprint density at radius 2 is 1.89 bits per heavy atom. The topological polar surface area (TPSA) is 80.5 Å². The Kier molecular flexibility index (Phi) is 3.85. The number of carbonyl (C=O) groups is 1. The van der Waals surface area contributed by atoms with E-state index >= 15 is 0 Å². The molecule has 0 unspecified atom stereocenters. The van der Waals surface area contributed by atoms with Crippen LogP contribution in [0.1, 0.15) is 28.8 Å². The molecule has 0 atom stereocenters. The van der Waals surface area contributed by atoms with Gasteiger partial charge in [0.15, 0.2) is 0 Å². The van der Waals surface area contributed by atoms with Crippen molar-refractivity contribution in [1.82, 2.24) is 4.90 Å². The third-order valence-corrected chi connectivity index (χ3v) is 4.51. The van der Waals surface area contributed by atoms with E-state index in [1.807, 2.05) is 0 Å². The monoisotopic (exact) mass is 302 g/mol. The fourth-order valence-corrected chi connectivity index (χ4v) is 3.37. The molecule has 1 aliphatic heterocycles. The van der Waals surface area contributed by atoms with Crippen LogP contribution in [-0.4, -0.2) is 32.3 Å². The lowest BCUT2D eigenvalue weighted by atomic mass is 10.1. The highest BCUT2D eigenvalue weighted by Crippen LogP contribution is 2.25. The minimum atomic E-state index is -3.89. The van der Waals surface area contributed by atoms with Crippen LogP contribution < -0.4 is 5.14 Å². The number of nitrogens with two attached hydrogens (primary N) is 1. The predicted molar refractivity (Wildman–Crippen MR) is 72.7 cm³/mol. The molecule has 7 heteroatoms. The lowest BCUT2D eigenvalue weighted by Crippen LogP contribution is -2.29. The third kappa shape index (κ3) is 2.91. The molecule has 104 valence electrons. The second-order valence-corrected chi connectivity index (χ2v) is 6.59. The summed E-state index contributed by atoms with van der Waals surface area (Å²) in [7, 11) is -3.89. The SMILES string of the molecule is Cc1c(C(=O)N2CCCC2)cc(Cl)cc1S(N)(=O)=O. The minimum Gasteiger partial charge on any atom is -0.339 e. The van der Waals surface area contributed by atoms with Crippen molar-refractivity contribution in [3.63, 3.8) is 0 Å². The van der Waals surface area contributed by atoms with Gasteiger partial charge in [0, 0.05) is 23.7 Å². The number of hydrogen-bond acceptors (Lipinski definition) is 3. The van der Waals surface area contributed by atoms with Crippen LogP contribution in [0.4, 0.5) is 0 Å². The first kappa shape index (κ1) is 14.3. The number of amides is 1. The molecule has 19 heavy (non-hydrogen) atoms. The van der Waals surface area contributed by atoms with Crippen molar-refractivity contribution in [2.24, 2.45) is 5.14 Å². The highest BCUT2D eigenvalue weighted by atomic mass is 35.5. The standard InChI is InChI=1S/C12H15ClN2O3S/c1-8-10(12(16)15-4-2-3-5-15)6-9(13)7-11(8)19(14,17)18/h6-7H,2-5H2,1H3,(H2,14,17,18). The molecule has 5 nitrogen and oxygen atoms in total. The Balaban J connectivity index is 2.52. The highest BCUT2D eigenvalue weighted by molar-refractivity contribution is 7.89. The summed E-state index contributed by atoms with van der Waals surface area (Å²) in [4.78, 5) is 13.9. The summed E-state index contributed by atoms with van der Waals surface area (Å²) in [5.74, 6) is -0.192. The van der Waals surface area contributed by atoms with Gasteiger partial charge in [0.1, 0.15) is 0 Å². The Labute approximate surface area is 117 Å². The molecule has 0 aliphatic carbocycles. The zero-order valence-electron chi connectivity index (χ0n) is 10.5. The number of sulfonamides is 1. The minimum absolute atomic E-state index is 0.0949. The Hall–Kier alpha value is -1.11. The molecule has 1 amide bonds. The van der Waals surface area contributed by atoms with Crippen molar-refractivity contribution in [1.29, 1.82) is 0 Å². The molecular formula is C12H15ClN2O3S. The average molecular weight is 303 g/mol. The normalized spacial score (nSPS) is 15.8. The molecule has 1 aromatic carbocycles. The number of carbonyl (C=O) groups excluding carboxylic acids is 1. The van der Waals surface area contributed by atoms with E-state index in [9.17, 15) is 13.2 Å². The van der Waals surface area contributed by atoms with E-state index in [1.165, 1.54) is 12.1 Å². The zero-order chi connectivity index (χ0) is 14.2. The number of likely N-dealkylation sites (tertiary alicyclic amines) is 1. The van der Waals surface area contributed by atoms with Crippen molar-refractivity contribution in [2.45, 2.75) is 24.7 Å². The van der Waals surface area contributed by atoms with Gasteiger partial charge >= 0.3 is 0 Å². The van der Waals surface area contributed by atoms with Crippen molar-refractivity contribution in [3.05, 3.63) is 28.3 Å². The van der Waals surface area contributed by atoms with Crippen LogP contribution in [0.3, 0.4) is 0 Å². The molecule has 2 N–H and O–H groups in total. The molecule has 0 aromatic heterocycles. The van der Waals surface area contributed by atoms with Gasteiger partial charge in [0.25, 0.3) is 5.91 Å². The first-order valence-corrected chi connectivity index (χ1v) is 7.85. The van der Waals surface area contributed by atoms with Crippen molar-refractivity contribution >= 4 is 27.5 Å². The van der Waals surface area contributed by atoms with E-state index in [4.69, 9.17) is 16.7 Å². The number of nitrogens with zero attached hydrogens (tertiary/aromatic N) is 1. The van der Waals surface area contributed by atoms with E-state index < -0.39 is 10.0 Å². The quantitative estimate of drug-likeness (QED) is 0.899. The Morgan fingerprint density at radius 3 is 2.42 bits per heavy atom. The van der Waals surface area contributed by atoms with Crippen LogP contribution in [-0.2, 0) is 10.0 Å². The molecule has 1 aromatic rings. The van der Waals surface area contributed by atoms with E-state index in [1.54, 1.807) is 11.8 Å². The highest BCUT2D eigenvalue weighted by Gasteiger charge is 2.24. The molecule has 0 saturated carbocycles. The molecule has 0 bridgehead atoms. The van der Waals surface area contributed by atoms with Crippen LogP contribution >= 0.6 is 11.6 Å². The number of benzene rings is 1. The van der Waals surface area contributed by atoms with Crippen molar-refractivity contribution in [2.75, 3.05) is 13.1 Å². The van der Waals surface area contributed by atoms with Crippen LogP contribution in [0.15, 0.2) is 17.0 Å². The molecule has 0 radical (unpaired) electrons. The summed E-state index contributed by atoms with van der Waals surface area (Å²) in [5.41, 5.74) is 0.655. The second-order valence-electron chi connectivity index (χ2n) is 4.62. The summed E-state index contributed by atoms with van der Waals surface area (Å²) in [6, 6.07) is 2.76. The van der Waals surface area contributed by atoms with Gasteiger partial charge in [-0.1, -0.05) is 11.6 Å². The van der Waals surface area contributed by atoms with E-state index in [-0.39, 0.29) is 15.8 Å². The predicted octanol–water partition coefficient (Wildman–Crippen LogP) is 1.53. The van der Waals surface area contributed by atoms with E-state index in [0.717, 1.165) is 12.8 Å². The molecule has 2 rings (SSSR count). The van der Waals surface area contributed by atoms with Gasteiger partial charge in [-0.2, -0.15) is 0 Å². The average Bonchev–Trinajstić information content (AvgIpc) is 2.83. The number of primary sulfonamides is 1. The maximum atomic E-state index is 12.3. The maximum Gasteiger partial charge on any atom is 0.254 e. The zero-order valence-corrected chi connectivity index (χ0v) is 12.1. The molecule has 0 spiro atoms. The third-order valence-electron chi connectivity index (χ3n) is 3.26. The Bertz CT molecular complexity index is 622. The first-order chi connectivity index (χ1) is 8.80. The molecule has 1 fully saturated rings. The number of rotatable bonds is 2. The smallest absolute Gasteiger partial charge is 0.254 e. The maximum absolute atomic E-state index is 12.3. The van der Waals surface area contributed by atoms with Crippen molar-refractivity contribution in [3.8, 4) is 0 Å². The van der Waals surface area contributed by atoms with Crippen LogP contribution in [0.5, 0.6) is 0 Å². The largest absolute Gasteiger partial charge is 0.339 e. The Morgan fingerprint density at radius 1 is 1.32 bits per heavy atom. The fraction of sp³-hybridized carbons (Fsp3) is 0.417. The number of halogens is 1. The van der Waals surface area contributed by atoms with Gasteiger partial charge in [0.05, 0.1) is 4.90 Å². The summed E-state index contributed by atoms with van der Waals surface area (Å²) in [6.45, 7) is 2.95. The van der Waals surface area contributed by atoms with Gasteiger partial charge in [-0.25, -0.2) is 13.6 Å². The van der Waals surface area contributed by atoms with Gasteiger partial charge < -0.3 is 4.90 Å². The first-order valence-electron chi connectivity index (χ1n) is 5.93. The van der Waals surface area contributed by atoms with Crippen molar-refractivity contribution < 1.29 is 13.2 Å². The van der Waals surface area contributed by atoms with Crippen LogP contribution in [0.25, 0.3) is 0 Å². The summed E-state index contributed by atoms with van der Waals surface area (Å²) < 4.78 is 23.0. The summed E-state index contributed by atoms with van der Waals surface area (Å²) >= 11 is 5.89. The van der Waals surface area contributed by atoms with Gasteiger partial charge in [0.2, 0.25) is 10.0 Å². The molecule has 1 saturated heterocycles. The lowest BCUT2D eigenvalue weighted by Gasteiger charge is -2.18. The fourth-order valence-electron chi connectivity index (χ4n) is 2.26. The molecular weight excluding hydrogens is 288 g/mol. The molecule has 1 heterocycles.